The normalized spacial score (nSPS) is 44.1. The lowest BCUT2D eigenvalue weighted by Gasteiger charge is -2.30. The highest BCUT2D eigenvalue weighted by Crippen LogP contribution is 2.24. The summed E-state index contributed by atoms with van der Waals surface area (Å²) < 4.78 is 18.8. The van der Waals surface area contributed by atoms with Crippen molar-refractivity contribution in [1.82, 2.24) is 5.32 Å². The summed E-state index contributed by atoms with van der Waals surface area (Å²) in [5.74, 6) is 0. The average Bonchev–Trinajstić information content (AvgIpc) is 2.52. The van der Waals surface area contributed by atoms with Gasteiger partial charge in [-0.3, -0.25) is 0 Å². The third kappa shape index (κ3) is 2.45. The fraction of sp³-hybridized carbons (Fsp3) is 1.00. The molecule has 14 heavy (non-hydrogen) atoms. The second-order valence-corrected chi connectivity index (χ2v) is 4.62. The number of ether oxygens (including phenoxy) is 1. The van der Waals surface area contributed by atoms with Crippen molar-refractivity contribution >= 4 is 0 Å². The van der Waals surface area contributed by atoms with Gasteiger partial charge in [0.05, 0.1) is 6.10 Å². The van der Waals surface area contributed by atoms with E-state index in [0.29, 0.717) is 12.1 Å². The monoisotopic (exact) mass is 201 g/mol. The van der Waals surface area contributed by atoms with Gasteiger partial charge < -0.3 is 10.1 Å². The number of rotatable bonds is 2. The summed E-state index contributed by atoms with van der Waals surface area (Å²) in [5.41, 5.74) is 0. The molecule has 1 saturated heterocycles. The van der Waals surface area contributed by atoms with Gasteiger partial charge in [-0.2, -0.15) is 0 Å². The molecular weight excluding hydrogens is 181 g/mol. The van der Waals surface area contributed by atoms with E-state index in [4.69, 9.17) is 4.74 Å². The first-order valence-electron chi connectivity index (χ1n) is 5.77. The van der Waals surface area contributed by atoms with Gasteiger partial charge in [0.1, 0.15) is 6.17 Å². The van der Waals surface area contributed by atoms with Gasteiger partial charge in [0.2, 0.25) is 0 Å². The van der Waals surface area contributed by atoms with Crippen molar-refractivity contribution in [3.8, 4) is 0 Å². The van der Waals surface area contributed by atoms with Gasteiger partial charge in [-0.05, 0) is 39.0 Å². The number of hydrogen-bond donors (Lipinski definition) is 1. The topological polar surface area (TPSA) is 21.3 Å². The molecule has 2 fully saturated rings. The molecule has 82 valence electrons. The summed E-state index contributed by atoms with van der Waals surface area (Å²) in [5, 5.41) is 3.44. The first kappa shape index (κ1) is 10.4. The van der Waals surface area contributed by atoms with E-state index in [1.54, 1.807) is 0 Å². The van der Waals surface area contributed by atoms with Crippen molar-refractivity contribution in [1.29, 1.82) is 0 Å². The van der Waals surface area contributed by atoms with Crippen LogP contribution in [0.15, 0.2) is 0 Å². The first-order chi connectivity index (χ1) is 6.75. The molecule has 2 aliphatic rings. The maximum atomic E-state index is 13.3. The van der Waals surface area contributed by atoms with Crippen LogP contribution in [0.25, 0.3) is 0 Å². The molecule has 0 radical (unpaired) electrons. The van der Waals surface area contributed by atoms with Crippen molar-refractivity contribution in [2.24, 2.45) is 0 Å². The molecule has 1 N–H and O–H groups in total. The molecule has 2 nitrogen and oxygen atoms in total. The van der Waals surface area contributed by atoms with Crippen LogP contribution in [-0.4, -0.2) is 31.0 Å². The second kappa shape index (κ2) is 4.58. The van der Waals surface area contributed by atoms with Crippen LogP contribution in [-0.2, 0) is 4.74 Å². The minimum absolute atomic E-state index is 0.116. The lowest BCUT2D eigenvalue weighted by molar-refractivity contribution is 0.00975. The molecule has 0 aromatic rings. The Kier molecular flexibility index (Phi) is 3.39. The summed E-state index contributed by atoms with van der Waals surface area (Å²) >= 11 is 0. The average molecular weight is 201 g/mol. The smallest absolute Gasteiger partial charge is 0.115 e. The quantitative estimate of drug-likeness (QED) is 0.738. The molecular formula is C11H20FNO. The van der Waals surface area contributed by atoms with Crippen LogP contribution in [0.5, 0.6) is 0 Å². The van der Waals surface area contributed by atoms with Gasteiger partial charge in [0.15, 0.2) is 0 Å². The zero-order valence-electron chi connectivity index (χ0n) is 8.84. The van der Waals surface area contributed by atoms with E-state index in [-0.39, 0.29) is 6.04 Å². The van der Waals surface area contributed by atoms with E-state index < -0.39 is 6.17 Å². The highest BCUT2D eigenvalue weighted by molar-refractivity contribution is 4.87. The molecule has 2 unspecified atom stereocenters. The summed E-state index contributed by atoms with van der Waals surface area (Å²) in [7, 11) is 0. The standard InChI is InChI=1S/C11H20FNO/c1-8-7-9(5-6-14-8)13-11-4-2-3-10(11)12/h8-11,13H,2-7H2,1H3/t8?,9?,10-,11+/m1/s1. The fourth-order valence-corrected chi connectivity index (χ4v) is 2.55. The molecule has 0 bridgehead atoms. The maximum absolute atomic E-state index is 13.3. The van der Waals surface area contributed by atoms with Gasteiger partial charge >= 0.3 is 0 Å². The van der Waals surface area contributed by atoms with Gasteiger partial charge in [-0.15, -0.1) is 0 Å². The third-order valence-corrected chi connectivity index (χ3v) is 3.37. The van der Waals surface area contributed by atoms with Crippen LogP contribution in [0, 0.1) is 0 Å². The van der Waals surface area contributed by atoms with E-state index in [1.807, 2.05) is 0 Å². The molecule has 2 rings (SSSR count). The molecule has 0 aromatic carbocycles. The SMILES string of the molecule is CC1CC(N[C@H]2CCC[C@H]2F)CCO1. The van der Waals surface area contributed by atoms with Crippen LogP contribution in [0.3, 0.4) is 0 Å². The fourth-order valence-electron chi connectivity index (χ4n) is 2.55. The second-order valence-electron chi connectivity index (χ2n) is 4.62. The van der Waals surface area contributed by atoms with Crippen molar-refractivity contribution in [2.45, 2.75) is 63.4 Å². The Labute approximate surface area is 85.2 Å². The van der Waals surface area contributed by atoms with Crippen LogP contribution >= 0.6 is 0 Å². The zero-order valence-corrected chi connectivity index (χ0v) is 8.84. The van der Waals surface area contributed by atoms with E-state index in [1.165, 1.54) is 0 Å². The summed E-state index contributed by atoms with van der Waals surface area (Å²) in [6.45, 7) is 2.91. The number of nitrogens with one attached hydrogen (secondary N) is 1. The van der Waals surface area contributed by atoms with Crippen molar-refractivity contribution < 1.29 is 9.13 Å². The predicted molar refractivity (Wildman–Crippen MR) is 54.1 cm³/mol. The highest BCUT2D eigenvalue weighted by atomic mass is 19.1. The Morgan fingerprint density at radius 3 is 2.79 bits per heavy atom. The maximum Gasteiger partial charge on any atom is 0.115 e. The molecule has 1 heterocycles. The molecule has 0 amide bonds. The Bertz CT molecular complexity index is 188. The Hall–Kier alpha value is -0.150. The van der Waals surface area contributed by atoms with Crippen LogP contribution < -0.4 is 5.32 Å². The van der Waals surface area contributed by atoms with E-state index in [2.05, 4.69) is 12.2 Å². The number of halogens is 1. The van der Waals surface area contributed by atoms with Crippen LogP contribution in [0.2, 0.25) is 0 Å². The number of alkyl halides is 1. The minimum atomic E-state index is -0.617. The molecule has 3 heteroatoms. The zero-order chi connectivity index (χ0) is 9.97. The summed E-state index contributed by atoms with van der Waals surface area (Å²) in [6.07, 6.45) is 4.58. The lowest BCUT2D eigenvalue weighted by atomic mass is 10.0. The molecule has 1 aliphatic carbocycles. The Balaban J connectivity index is 1.78. The third-order valence-electron chi connectivity index (χ3n) is 3.37. The van der Waals surface area contributed by atoms with Gasteiger partial charge in [0.25, 0.3) is 0 Å². The molecule has 1 saturated carbocycles. The molecule has 1 aliphatic heterocycles. The molecule has 0 aromatic heterocycles. The van der Waals surface area contributed by atoms with Gasteiger partial charge in [0, 0.05) is 18.7 Å². The lowest BCUT2D eigenvalue weighted by Crippen LogP contribution is -2.45. The van der Waals surface area contributed by atoms with Gasteiger partial charge in [-0.25, -0.2) is 4.39 Å². The Morgan fingerprint density at radius 2 is 2.14 bits per heavy atom. The predicted octanol–water partition coefficient (Wildman–Crippen LogP) is 2.03. The summed E-state index contributed by atoms with van der Waals surface area (Å²) in [4.78, 5) is 0. The van der Waals surface area contributed by atoms with Gasteiger partial charge in [-0.1, -0.05) is 0 Å². The van der Waals surface area contributed by atoms with Crippen molar-refractivity contribution in [3.63, 3.8) is 0 Å². The Morgan fingerprint density at radius 1 is 1.29 bits per heavy atom. The molecule has 0 spiro atoms. The van der Waals surface area contributed by atoms with Crippen molar-refractivity contribution in [3.05, 3.63) is 0 Å². The molecule has 4 atom stereocenters. The summed E-state index contributed by atoms with van der Waals surface area (Å²) in [6, 6.07) is 0.588. The highest BCUT2D eigenvalue weighted by Gasteiger charge is 2.30. The number of hydrogen-bond acceptors (Lipinski definition) is 2. The van der Waals surface area contributed by atoms with Crippen LogP contribution in [0.4, 0.5) is 4.39 Å². The first-order valence-corrected chi connectivity index (χ1v) is 5.77. The van der Waals surface area contributed by atoms with Crippen LogP contribution in [0.1, 0.15) is 39.0 Å². The van der Waals surface area contributed by atoms with E-state index in [9.17, 15) is 4.39 Å². The van der Waals surface area contributed by atoms with Crippen molar-refractivity contribution in [2.75, 3.05) is 6.61 Å². The largest absolute Gasteiger partial charge is 0.378 e. The minimum Gasteiger partial charge on any atom is -0.378 e. The van der Waals surface area contributed by atoms with E-state index in [0.717, 1.165) is 38.7 Å². The van der Waals surface area contributed by atoms with E-state index >= 15 is 0 Å².